The summed E-state index contributed by atoms with van der Waals surface area (Å²) in [5.41, 5.74) is 0.589. The molecule has 6 heteroatoms. The minimum absolute atomic E-state index is 0.0124. The van der Waals surface area contributed by atoms with Gasteiger partial charge < -0.3 is 14.2 Å². The average molecular weight is 404 g/mol. The molecule has 0 radical (unpaired) electrons. The standard InChI is InChI=1S/C24H20O6/c1-4-10-28-18-9-7-8-16-20(18)23(26)21-17(22(16)25)13-15(24(27)30-12-6-3)14-19(21)29-11-5-2/h4-9,13-14H,1-3,10-12H2. The molecule has 3 rings (SSSR count). The van der Waals surface area contributed by atoms with Crippen molar-refractivity contribution in [1.82, 2.24) is 0 Å². The van der Waals surface area contributed by atoms with E-state index in [-0.39, 0.29) is 59.1 Å². The van der Waals surface area contributed by atoms with E-state index >= 15 is 0 Å². The summed E-state index contributed by atoms with van der Waals surface area (Å²) in [5.74, 6) is -1.12. The quantitative estimate of drug-likeness (QED) is 0.397. The molecule has 0 aromatic heterocycles. The maximum absolute atomic E-state index is 13.4. The summed E-state index contributed by atoms with van der Waals surface area (Å²) < 4.78 is 16.3. The van der Waals surface area contributed by atoms with E-state index in [2.05, 4.69) is 19.7 Å². The van der Waals surface area contributed by atoms with Gasteiger partial charge >= 0.3 is 5.97 Å². The molecule has 0 fully saturated rings. The molecule has 0 bridgehead atoms. The van der Waals surface area contributed by atoms with Crippen LogP contribution in [0.25, 0.3) is 0 Å². The van der Waals surface area contributed by atoms with Gasteiger partial charge in [-0.2, -0.15) is 0 Å². The first-order valence-electron chi connectivity index (χ1n) is 9.19. The van der Waals surface area contributed by atoms with Crippen LogP contribution in [-0.2, 0) is 4.74 Å². The van der Waals surface area contributed by atoms with Gasteiger partial charge in [0.1, 0.15) is 31.3 Å². The summed E-state index contributed by atoms with van der Waals surface area (Å²) in [6.07, 6.45) is 4.47. The van der Waals surface area contributed by atoms with Crippen molar-refractivity contribution >= 4 is 17.5 Å². The minimum Gasteiger partial charge on any atom is -0.489 e. The van der Waals surface area contributed by atoms with Crippen molar-refractivity contribution in [2.75, 3.05) is 19.8 Å². The van der Waals surface area contributed by atoms with Crippen molar-refractivity contribution in [3.63, 3.8) is 0 Å². The van der Waals surface area contributed by atoms with E-state index in [1.807, 2.05) is 0 Å². The second kappa shape index (κ2) is 9.05. The summed E-state index contributed by atoms with van der Waals surface area (Å²) in [7, 11) is 0. The van der Waals surface area contributed by atoms with Crippen molar-refractivity contribution in [2.24, 2.45) is 0 Å². The molecule has 0 atom stereocenters. The smallest absolute Gasteiger partial charge is 0.338 e. The van der Waals surface area contributed by atoms with Crippen LogP contribution in [0.4, 0.5) is 0 Å². The maximum Gasteiger partial charge on any atom is 0.338 e. The van der Waals surface area contributed by atoms with Crippen LogP contribution in [0, 0.1) is 0 Å². The van der Waals surface area contributed by atoms with Crippen molar-refractivity contribution in [3.8, 4) is 11.5 Å². The predicted octanol–water partition coefficient (Wildman–Crippen LogP) is 3.93. The number of hydrogen-bond donors (Lipinski definition) is 0. The zero-order valence-electron chi connectivity index (χ0n) is 16.3. The van der Waals surface area contributed by atoms with Gasteiger partial charge in [-0.3, -0.25) is 9.59 Å². The third-order valence-electron chi connectivity index (χ3n) is 4.35. The monoisotopic (exact) mass is 404 g/mol. The Hall–Kier alpha value is -3.93. The zero-order chi connectivity index (χ0) is 21.7. The first kappa shape index (κ1) is 20.8. The summed E-state index contributed by atoms with van der Waals surface area (Å²) in [4.78, 5) is 39.0. The lowest BCUT2D eigenvalue weighted by molar-refractivity contribution is 0.0549. The molecule has 0 saturated carbocycles. The lowest BCUT2D eigenvalue weighted by Crippen LogP contribution is -2.24. The highest BCUT2D eigenvalue weighted by Gasteiger charge is 2.36. The third-order valence-corrected chi connectivity index (χ3v) is 4.35. The fourth-order valence-electron chi connectivity index (χ4n) is 3.12. The number of esters is 1. The molecule has 0 saturated heterocycles. The van der Waals surface area contributed by atoms with Gasteiger partial charge in [-0.15, -0.1) is 0 Å². The van der Waals surface area contributed by atoms with Crippen LogP contribution in [0.1, 0.15) is 42.2 Å². The molecule has 0 spiro atoms. The molecule has 152 valence electrons. The molecule has 0 heterocycles. The maximum atomic E-state index is 13.4. The number of rotatable bonds is 9. The van der Waals surface area contributed by atoms with Crippen LogP contribution in [0.15, 0.2) is 68.3 Å². The van der Waals surface area contributed by atoms with Crippen molar-refractivity contribution < 1.29 is 28.6 Å². The number of ether oxygens (including phenoxy) is 3. The van der Waals surface area contributed by atoms with E-state index in [1.54, 1.807) is 24.3 Å². The Morgan fingerprint density at radius 2 is 1.43 bits per heavy atom. The van der Waals surface area contributed by atoms with E-state index in [0.29, 0.717) is 0 Å². The topological polar surface area (TPSA) is 78.9 Å². The van der Waals surface area contributed by atoms with E-state index in [9.17, 15) is 14.4 Å². The fraction of sp³-hybridized carbons (Fsp3) is 0.125. The Morgan fingerprint density at radius 3 is 2.10 bits per heavy atom. The van der Waals surface area contributed by atoms with Gasteiger partial charge in [0.2, 0.25) is 5.78 Å². The van der Waals surface area contributed by atoms with Crippen molar-refractivity contribution in [2.45, 2.75) is 0 Å². The van der Waals surface area contributed by atoms with E-state index in [1.165, 1.54) is 24.3 Å². The van der Waals surface area contributed by atoms with Crippen LogP contribution in [0.2, 0.25) is 0 Å². The molecule has 0 N–H and O–H groups in total. The zero-order valence-corrected chi connectivity index (χ0v) is 16.3. The second-order valence-corrected chi connectivity index (χ2v) is 6.32. The highest BCUT2D eigenvalue weighted by Crippen LogP contribution is 2.38. The molecule has 0 amide bonds. The third kappa shape index (κ3) is 3.80. The van der Waals surface area contributed by atoms with Crippen LogP contribution in [0.5, 0.6) is 11.5 Å². The van der Waals surface area contributed by atoms with Crippen LogP contribution >= 0.6 is 0 Å². The molecule has 2 aromatic rings. The minimum atomic E-state index is -0.657. The molecule has 30 heavy (non-hydrogen) atoms. The highest BCUT2D eigenvalue weighted by molar-refractivity contribution is 6.30. The van der Waals surface area contributed by atoms with E-state index in [0.717, 1.165) is 0 Å². The normalized spacial score (nSPS) is 11.7. The lowest BCUT2D eigenvalue weighted by Gasteiger charge is -2.22. The summed E-state index contributed by atoms with van der Waals surface area (Å²) in [5, 5.41) is 0. The van der Waals surface area contributed by atoms with Crippen LogP contribution in [-0.4, -0.2) is 37.4 Å². The van der Waals surface area contributed by atoms with Crippen molar-refractivity contribution in [1.29, 1.82) is 0 Å². The van der Waals surface area contributed by atoms with Gasteiger partial charge in [0, 0.05) is 11.1 Å². The Bertz CT molecular complexity index is 1060. The summed E-state index contributed by atoms with van der Waals surface area (Å²) in [6, 6.07) is 7.53. The largest absolute Gasteiger partial charge is 0.489 e. The van der Waals surface area contributed by atoms with E-state index in [4.69, 9.17) is 14.2 Å². The van der Waals surface area contributed by atoms with Gasteiger partial charge in [-0.05, 0) is 18.2 Å². The number of fused-ring (bicyclic) bond motifs is 2. The van der Waals surface area contributed by atoms with Gasteiger partial charge in [0.05, 0.1) is 16.7 Å². The molecule has 2 aromatic carbocycles. The van der Waals surface area contributed by atoms with Gasteiger partial charge in [-0.25, -0.2) is 4.79 Å². The SMILES string of the molecule is C=CCOC(=O)c1cc(OCC=C)c2c(c1)C(=O)c1cccc(OCC=C)c1C2=O. The molecule has 0 aliphatic heterocycles. The molecule has 1 aliphatic carbocycles. The number of carbonyl (C=O) groups excluding carboxylic acids is 3. The van der Waals surface area contributed by atoms with Gasteiger partial charge in [-0.1, -0.05) is 50.1 Å². The summed E-state index contributed by atoms with van der Waals surface area (Å²) in [6.45, 7) is 11.0. The molecular weight excluding hydrogens is 384 g/mol. The number of carbonyl (C=O) groups is 3. The van der Waals surface area contributed by atoms with Gasteiger partial charge in [0.15, 0.2) is 5.78 Å². The number of ketones is 2. The van der Waals surface area contributed by atoms with Gasteiger partial charge in [0.25, 0.3) is 0 Å². The van der Waals surface area contributed by atoms with Crippen LogP contribution < -0.4 is 9.47 Å². The molecule has 0 unspecified atom stereocenters. The first-order chi connectivity index (χ1) is 14.5. The predicted molar refractivity (Wildman–Crippen MR) is 112 cm³/mol. The summed E-state index contributed by atoms with van der Waals surface area (Å²) >= 11 is 0. The highest BCUT2D eigenvalue weighted by atomic mass is 16.5. The number of benzene rings is 2. The Morgan fingerprint density at radius 1 is 0.800 bits per heavy atom. The Labute approximate surface area is 174 Å². The first-order valence-corrected chi connectivity index (χ1v) is 9.19. The average Bonchev–Trinajstić information content (AvgIpc) is 2.77. The second-order valence-electron chi connectivity index (χ2n) is 6.32. The lowest BCUT2D eigenvalue weighted by atomic mass is 9.82. The molecule has 1 aliphatic rings. The molecule has 6 nitrogen and oxygen atoms in total. The van der Waals surface area contributed by atoms with Crippen LogP contribution in [0.3, 0.4) is 0 Å². The van der Waals surface area contributed by atoms with Crippen molar-refractivity contribution in [3.05, 3.63) is 96.1 Å². The van der Waals surface area contributed by atoms with E-state index < -0.39 is 17.5 Å². The Kier molecular flexibility index (Phi) is 6.27. The Balaban J connectivity index is 2.17. The number of hydrogen-bond acceptors (Lipinski definition) is 6. The molecular formula is C24H20O6. The fourth-order valence-corrected chi connectivity index (χ4v) is 3.12.